The highest BCUT2D eigenvalue weighted by Gasteiger charge is 2.45. The van der Waals surface area contributed by atoms with Gasteiger partial charge in [0, 0.05) is 0 Å². The third kappa shape index (κ3) is 6.91. The third-order valence-corrected chi connectivity index (χ3v) is 20.4. The van der Waals surface area contributed by atoms with Gasteiger partial charge < -0.3 is 8.85 Å². The maximum atomic E-state index is 13.2. The number of rotatable bonds is 7. The molecule has 2 aromatic rings. The molecule has 3 rings (SSSR count). The van der Waals surface area contributed by atoms with Crippen molar-refractivity contribution in [1.82, 2.24) is 4.98 Å². The predicted molar refractivity (Wildman–Crippen MR) is 162 cm³/mol. The van der Waals surface area contributed by atoms with E-state index < -0.39 is 26.5 Å². The number of sulfone groups is 1. The quantitative estimate of drug-likeness (QED) is 0.245. The van der Waals surface area contributed by atoms with Gasteiger partial charge in [-0.25, -0.2) is 13.4 Å². The standard InChI is InChI=1S/C28H45NO4S2Si2/c1-20-23(32-36(8,9)27(2,3)4)18-21(19-24(20)33-37(10,11)28(5,6)7)16-17-35(30,31)26-29-22-14-12-13-15-25(22)34-26/h12-16,23-24H,1,17-19H2,2-11H3. The van der Waals surface area contributed by atoms with Gasteiger partial charge in [-0.15, -0.1) is 11.3 Å². The first-order valence-electron chi connectivity index (χ1n) is 13.0. The molecule has 1 aromatic heterocycles. The Morgan fingerprint density at radius 3 is 1.92 bits per heavy atom. The molecule has 1 aromatic carbocycles. The summed E-state index contributed by atoms with van der Waals surface area (Å²) in [5.74, 6) is -0.0751. The average Bonchev–Trinajstić information content (AvgIpc) is 3.19. The van der Waals surface area contributed by atoms with Crippen LogP contribution in [0.5, 0.6) is 0 Å². The van der Waals surface area contributed by atoms with Crippen molar-refractivity contribution in [2.75, 3.05) is 5.75 Å². The van der Waals surface area contributed by atoms with Crippen LogP contribution < -0.4 is 0 Å². The first-order chi connectivity index (χ1) is 16.7. The number of nitrogens with zero attached hydrogens (tertiary/aromatic N) is 1. The Balaban J connectivity index is 1.91. The molecule has 0 bridgehead atoms. The molecule has 0 amide bonds. The van der Waals surface area contributed by atoms with Crippen LogP contribution in [0.15, 0.2) is 52.4 Å². The fourth-order valence-electron chi connectivity index (χ4n) is 3.78. The molecule has 0 N–H and O–H groups in total. The lowest BCUT2D eigenvalue weighted by Crippen LogP contribution is -2.49. The van der Waals surface area contributed by atoms with E-state index in [1.165, 1.54) is 11.3 Å². The van der Waals surface area contributed by atoms with Crippen molar-refractivity contribution < 1.29 is 17.3 Å². The molecule has 0 radical (unpaired) electrons. The van der Waals surface area contributed by atoms with E-state index in [1.807, 2.05) is 30.3 Å². The van der Waals surface area contributed by atoms with Gasteiger partial charge in [-0.3, -0.25) is 0 Å². The van der Waals surface area contributed by atoms with Gasteiger partial charge in [0.25, 0.3) is 0 Å². The van der Waals surface area contributed by atoms with E-state index >= 15 is 0 Å². The number of para-hydroxylation sites is 1. The summed E-state index contributed by atoms with van der Waals surface area (Å²) in [5, 5.41) is 0.112. The first-order valence-corrected chi connectivity index (χ1v) is 21.3. The minimum atomic E-state index is -3.54. The number of fused-ring (bicyclic) bond motifs is 1. The maximum Gasteiger partial charge on any atom is 0.210 e. The predicted octanol–water partition coefficient (Wildman–Crippen LogP) is 8.13. The molecule has 1 fully saturated rings. The number of aromatic nitrogens is 1. The summed E-state index contributed by atoms with van der Waals surface area (Å²) in [5.41, 5.74) is 2.77. The highest BCUT2D eigenvalue weighted by atomic mass is 32.2. The number of benzene rings is 1. The van der Waals surface area contributed by atoms with E-state index in [1.54, 1.807) is 0 Å². The molecule has 1 aliphatic carbocycles. The Hall–Kier alpha value is -1.11. The minimum absolute atomic E-state index is 0.0561. The lowest BCUT2D eigenvalue weighted by atomic mass is 9.86. The van der Waals surface area contributed by atoms with Crippen LogP contribution in [0.3, 0.4) is 0 Å². The average molecular weight is 580 g/mol. The second-order valence-corrected chi connectivity index (χ2v) is 26.1. The topological polar surface area (TPSA) is 65.5 Å². The monoisotopic (exact) mass is 579 g/mol. The second-order valence-electron chi connectivity index (χ2n) is 13.3. The Kier molecular flexibility index (Phi) is 8.61. The zero-order valence-corrected chi connectivity index (χ0v) is 27.9. The molecule has 1 aliphatic rings. The molecular formula is C28H45NO4S2Si2. The summed E-state index contributed by atoms with van der Waals surface area (Å²) in [6.45, 7) is 26.9. The maximum absolute atomic E-state index is 13.2. The van der Waals surface area contributed by atoms with Crippen molar-refractivity contribution in [2.45, 2.75) is 107 Å². The van der Waals surface area contributed by atoms with Crippen molar-refractivity contribution in [2.24, 2.45) is 0 Å². The molecule has 2 unspecified atom stereocenters. The summed E-state index contributed by atoms with van der Waals surface area (Å²) < 4.78 is 41.2. The molecule has 5 nitrogen and oxygen atoms in total. The first kappa shape index (κ1) is 30.4. The molecule has 2 atom stereocenters. The van der Waals surface area contributed by atoms with Gasteiger partial charge in [-0.1, -0.05) is 71.9 Å². The van der Waals surface area contributed by atoms with Gasteiger partial charge >= 0.3 is 0 Å². The molecule has 1 saturated carbocycles. The molecule has 0 saturated heterocycles. The molecule has 0 aliphatic heterocycles. The molecule has 0 spiro atoms. The van der Waals surface area contributed by atoms with E-state index in [0.29, 0.717) is 12.8 Å². The summed E-state index contributed by atoms with van der Waals surface area (Å²) in [6, 6.07) is 7.53. The van der Waals surface area contributed by atoms with E-state index in [-0.39, 0.29) is 32.4 Å². The Morgan fingerprint density at radius 1 is 0.973 bits per heavy atom. The van der Waals surface area contributed by atoms with Crippen LogP contribution in [0.1, 0.15) is 54.4 Å². The SMILES string of the molecule is C=C1C(O[Si](C)(C)C(C)(C)C)CC(=CCS(=O)(=O)c2nc3ccccc3s2)CC1O[Si](C)(C)C(C)(C)C. The highest BCUT2D eigenvalue weighted by Crippen LogP contribution is 2.44. The summed E-state index contributed by atoms with van der Waals surface area (Å²) >= 11 is 1.23. The zero-order chi connectivity index (χ0) is 28.0. The third-order valence-electron chi connectivity index (χ3n) is 8.34. The van der Waals surface area contributed by atoms with Crippen LogP contribution in [0.4, 0.5) is 0 Å². The van der Waals surface area contributed by atoms with Crippen LogP contribution >= 0.6 is 11.3 Å². The summed E-state index contributed by atoms with van der Waals surface area (Å²) in [7, 11) is -7.70. The van der Waals surface area contributed by atoms with Crippen molar-refractivity contribution >= 4 is 48.0 Å². The lowest BCUT2D eigenvalue weighted by Gasteiger charge is -2.46. The summed E-state index contributed by atoms with van der Waals surface area (Å²) in [4.78, 5) is 4.39. The van der Waals surface area contributed by atoms with E-state index in [2.05, 4.69) is 79.3 Å². The second kappa shape index (κ2) is 10.5. The number of hydrogen-bond acceptors (Lipinski definition) is 6. The summed E-state index contributed by atoms with van der Waals surface area (Å²) in [6.07, 6.45) is 2.81. The minimum Gasteiger partial charge on any atom is -0.410 e. The number of thiazole rings is 1. The van der Waals surface area contributed by atoms with E-state index in [4.69, 9.17) is 8.85 Å². The van der Waals surface area contributed by atoms with E-state index in [0.717, 1.165) is 21.4 Å². The zero-order valence-electron chi connectivity index (χ0n) is 24.3. The lowest BCUT2D eigenvalue weighted by molar-refractivity contribution is 0.132. The Labute approximate surface area is 230 Å². The molecule has 37 heavy (non-hydrogen) atoms. The van der Waals surface area contributed by atoms with Gasteiger partial charge in [-0.2, -0.15) is 0 Å². The van der Waals surface area contributed by atoms with Crippen LogP contribution in [0.2, 0.25) is 36.3 Å². The smallest absolute Gasteiger partial charge is 0.210 e. The molecule has 206 valence electrons. The fourth-order valence-corrected chi connectivity index (χ4v) is 8.89. The van der Waals surface area contributed by atoms with Gasteiger partial charge in [0.2, 0.25) is 14.2 Å². The van der Waals surface area contributed by atoms with Gasteiger partial charge in [0.1, 0.15) is 0 Å². The largest absolute Gasteiger partial charge is 0.410 e. The van der Waals surface area contributed by atoms with Crippen LogP contribution in [-0.2, 0) is 18.7 Å². The molecule has 9 heteroatoms. The van der Waals surface area contributed by atoms with Gasteiger partial charge in [0.15, 0.2) is 16.6 Å². The van der Waals surface area contributed by atoms with Crippen molar-refractivity contribution in [3.05, 3.63) is 48.1 Å². The van der Waals surface area contributed by atoms with Crippen LogP contribution in [0, 0.1) is 0 Å². The van der Waals surface area contributed by atoms with Crippen molar-refractivity contribution in [3.63, 3.8) is 0 Å². The normalized spacial score (nSPS) is 20.5. The Morgan fingerprint density at radius 2 is 1.46 bits per heavy atom. The van der Waals surface area contributed by atoms with E-state index in [9.17, 15) is 8.42 Å². The van der Waals surface area contributed by atoms with Crippen LogP contribution in [-0.4, -0.2) is 48.0 Å². The Bertz CT molecular complexity index is 1210. The van der Waals surface area contributed by atoms with Gasteiger partial charge in [0.05, 0.1) is 28.2 Å². The van der Waals surface area contributed by atoms with Crippen molar-refractivity contribution in [1.29, 1.82) is 0 Å². The van der Waals surface area contributed by atoms with Gasteiger partial charge in [-0.05, 0) is 66.8 Å². The molecule has 1 heterocycles. The number of hydrogen-bond donors (Lipinski definition) is 0. The van der Waals surface area contributed by atoms with Crippen molar-refractivity contribution in [3.8, 4) is 0 Å². The highest BCUT2D eigenvalue weighted by molar-refractivity contribution is 7.93. The fraction of sp³-hybridized carbons (Fsp3) is 0.607. The van der Waals surface area contributed by atoms with Crippen LogP contribution in [0.25, 0.3) is 10.2 Å². The molecular weight excluding hydrogens is 535 g/mol.